The van der Waals surface area contributed by atoms with Crippen molar-refractivity contribution in [3.63, 3.8) is 0 Å². The number of aliphatic hydroxyl groups excluding tert-OH is 1. The van der Waals surface area contributed by atoms with Crippen molar-refractivity contribution in [1.82, 2.24) is 30.4 Å². The number of nitrogens with zero attached hydrogens (tertiary/aromatic N) is 5. The van der Waals surface area contributed by atoms with Crippen molar-refractivity contribution in [1.29, 1.82) is 0 Å². The molecule has 0 fully saturated rings. The molecule has 2 N–H and O–H groups in total. The Bertz CT molecular complexity index is 379. The summed E-state index contributed by atoms with van der Waals surface area (Å²) < 4.78 is 1.49. The highest BCUT2D eigenvalue weighted by Gasteiger charge is 2.16. The van der Waals surface area contributed by atoms with E-state index in [9.17, 15) is 5.11 Å². The molecule has 2 rings (SSSR count). The van der Waals surface area contributed by atoms with Crippen molar-refractivity contribution < 1.29 is 5.11 Å². The van der Waals surface area contributed by atoms with Gasteiger partial charge in [0.15, 0.2) is 0 Å². The fraction of sp³-hybridized carbons (Fsp3) is 0.333. The van der Waals surface area contributed by atoms with Crippen molar-refractivity contribution in [3.05, 3.63) is 23.8 Å². The lowest BCUT2D eigenvalue weighted by atomic mass is 10.2. The van der Waals surface area contributed by atoms with Crippen molar-refractivity contribution in [3.8, 4) is 0 Å². The van der Waals surface area contributed by atoms with Crippen molar-refractivity contribution >= 4 is 0 Å². The van der Waals surface area contributed by atoms with Gasteiger partial charge in [-0.15, -0.1) is 5.10 Å². The van der Waals surface area contributed by atoms with Crippen molar-refractivity contribution in [2.75, 3.05) is 0 Å². The van der Waals surface area contributed by atoms with Crippen LogP contribution in [0.2, 0.25) is 0 Å². The van der Waals surface area contributed by atoms with Crippen LogP contribution in [0.5, 0.6) is 0 Å². The molecule has 2 aromatic rings. The van der Waals surface area contributed by atoms with E-state index in [1.165, 1.54) is 17.1 Å². The van der Waals surface area contributed by atoms with E-state index in [1.807, 2.05) is 0 Å². The van der Waals surface area contributed by atoms with Crippen LogP contribution in [0.1, 0.15) is 17.5 Å². The first-order valence-corrected chi connectivity index (χ1v) is 3.67. The Morgan fingerprint density at radius 3 is 2.92 bits per heavy atom. The van der Waals surface area contributed by atoms with Crippen LogP contribution in [-0.2, 0) is 7.05 Å². The first-order valence-electron chi connectivity index (χ1n) is 3.67. The third-order valence-corrected chi connectivity index (χ3v) is 1.74. The van der Waals surface area contributed by atoms with Gasteiger partial charge in [0.25, 0.3) is 0 Å². The molecule has 0 saturated heterocycles. The van der Waals surface area contributed by atoms with Gasteiger partial charge in [-0.25, -0.2) is 4.68 Å². The minimum Gasteiger partial charge on any atom is -0.380 e. The topological polar surface area (TPSA) is 92.5 Å². The molecule has 0 aromatic carbocycles. The highest BCUT2D eigenvalue weighted by atomic mass is 16.3. The number of aromatic amines is 1. The first kappa shape index (κ1) is 7.87. The lowest BCUT2D eigenvalue weighted by Crippen LogP contribution is -2.06. The zero-order valence-corrected chi connectivity index (χ0v) is 6.92. The summed E-state index contributed by atoms with van der Waals surface area (Å²) in [5.74, 6) is 0. The van der Waals surface area contributed by atoms with E-state index in [1.54, 1.807) is 7.05 Å². The fourth-order valence-corrected chi connectivity index (χ4v) is 1.04. The van der Waals surface area contributed by atoms with E-state index in [2.05, 4.69) is 25.7 Å². The molecular weight excluding hydrogens is 172 g/mol. The number of hydrogen-bond donors (Lipinski definition) is 2. The molecule has 0 amide bonds. The Hall–Kier alpha value is -1.76. The molecule has 0 saturated carbocycles. The van der Waals surface area contributed by atoms with E-state index >= 15 is 0 Å². The summed E-state index contributed by atoms with van der Waals surface area (Å²) in [7, 11) is 1.70. The highest BCUT2D eigenvalue weighted by molar-refractivity contribution is 5.12. The summed E-state index contributed by atoms with van der Waals surface area (Å²) in [6.45, 7) is 0. The van der Waals surface area contributed by atoms with Crippen LogP contribution in [0.4, 0.5) is 0 Å². The van der Waals surface area contributed by atoms with E-state index < -0.39 is 6.10 Å². The summed E-state index contributed by atoms with van der Waals surface area (Å²) in [6, 6.07) is 0. The maximum atomic E-state index is 9.73. The number of rotatable bonds is 2. The van der Waals surface area contributed by atoms with Gasteiger partial charge in [-0.2, -0.15) is 15.4 Å². The molecule has 0 aliphatic heterocycles. The molecule has 2 heterocycles. The molecule has 13 heavy (non-hydrogen) atoms. The predicted octanol–water partition coefficient (Wildman–Crippen LogP) is -0.985. The van der Waals surface area contributed by atoms with Gasteiger partial charge in [0.1, 0.15) is 11.8 Å². The van der Waals surface area contributed by atoms with Gasteiger partial charge in [-0.1, -0.05) is 5.21 Å². The molecule has 7 nitrogen and oxygen atoms in total. The minimum atomic E-state index is -0.834. The van der Waals surface area contributed by atoms with E-state index in [-0.39, 0.29) is 0 Å². The zero-order chi connectivity index (χ0) is 9.26. The van der Waals surface area contributed by atoms with Crippen molar-refractivity contribution in [2.45, 2.75) is 6.10 Å². The van der Waals surface area contributed by atoms with Crippen LogP contribution < -0.4 is 0 Å². The Balaban J connectivity index is 2.33. The second kappa shape index (κ2) is 2.94. The average molecular weight is 180 g/mol. The molecule has 1 unspecified atom stereocenters. The predicted molar refractivity (Wildman–Crippen MR) is 41.4 cm³/mol. The summed E-state index contributed by atoms with van der Waals surface area (Å²) >= 11 is 0. The number of aromatic nitrogens is 6. The Kier molecular flexibility index (Phi) is 1.78. The Labute approximate surface area is 73.4 Å². The number of hydrogen-bond acceptors (Lipinski definition) is 5. The average Bonchev–Trinajstić information content (AvgIpc) is 2.72. The van der Waals surface area contributed by atoms with Crippen LogP contribution in [0.15, 0.2) is 12.4 Å². The first-order chi connectivity index (χ1) is 6.29. The molecule has 0 spiro atoms. The molecular formula is C6H8N6O. The Morgan fingerprint density at radius 1 is 1.54 bits per heavy atom. The number of aliphatic hydroxyl groups is 1. The van der Waals surface area contributed by atoms with Gasteiger partial charge in [-0.3, -0.25) is 0 Å². The Morgan fingerprint density at radius 2 is 2.38 bits per heavy atom. The fourth-order valence-electron chi connectivity index (χ4n) is 1.04. The summed E-state index contributed by atoms with van der Waals surface area (Å²) in [4.78, 5) is 0. The van der Waals surface area contributed by atoms with Crippen LogP contribution in [-0.4, -0.2) is 35.5 Å². The molecule has 0 bridgehead atoms. The van der Waals surface area contributed by atoms with Gasteiger partial charge >= 0.3 is 0 Å². The van der Waals surface area contributed by atoms with E-state index in [4.69, 9.17) is 0 Å². The van der Waals surface area contributed by atoms with E-state index in [0.717, 1.165) is 0 Å². The number of nitrogens with one attached hydrogen (secondary N) is 1. The monoisotopic (exact) mass is 180 g/mol. The maximum absolute atomic E-state index is 9.73. The minimum absolute atomic E-state index is 0.449. The van der Waals surface area contributed by atoms with Crippen LogP contribution in [0.3, 0.4) is 0 Å². The van der Waals surface area contributed by atoms with Gasteiger partial charge in [0.2, 0.25) is 0 Å². The molecule has 68 valence electrons. The largest absolute Gasteiger partial charge is 0.380 e. The van der Waals surface area contributed by atoms with Gasteiger partial charge in [-0.05, 0) is 0 Å². The molecule has 1 atom stereocenters. The second-order valence-corrected chi connectivity index (χ2v) is 2.58. The summed E-state index contributed by atoms with van der Waals surface area (Å²) in [5, 5.41) is 26.8. The van der Waals surface area contributed by atoms with Gasteiger partial charge < -0.3 is 5.11 Å². The van der Waals surface area contributed by atoms with Crippen molar-refractivity contribution in [2.24, 2.45) is 7.05 Å². The standard InChI is InChI=1S/C6H8N6O/c1-12-5(3-8-11-12)6(13)4-2-7-10-9-4/h2-3,6,13H,1H3,(H,7,9,10). The smallest absolute Gasteiger partial charge is 0.143 e. The quantitative estimate of drug-likeness (QED) is 0.619. The summed E-state index contributed by atoms with van der Waals surface area (Å²) in [5.41, 5.74) is 1.03. The lowest BCUT2D eigenvalue weighted by Gasteiger charge is -2.05. The summed E-state index contributed by atoms with van der Waals surface area (Å²) in [6.07, 6.45) is 2.11. The number of H-pyrrole nitrogens is 1. The molecule has 7 heteroatoms. The molecule has 0 aliphatic carbocycles. The SMILES string of the molecule is Cn1nncc1C(O)c1cn[nH]n1. The lowest BCUT2D eigenvalue weighted by molar-refractivity contribution is 0.205. The molecule has 0 radical (unpaired) electrons. The number of aryl methyl sites for hydroxylation is 1. The molecule has 2 aromatic heterocycles. The van der Waals surface area contributed by atoms with Gasteiger partial charge in [0, 0.05) is 7.05 Å². The zero-order valence-electron chi connectivity index (χ0n) is 6.92. The molecule has 0 aliphatic rings. The van der Waals surface area contributed by atoms with Crippen LogP contribution >= 0.6 is 0 Å². The van der Waals surface area contributed by atoms with Crippen LogP contribution in [0.25, 0.3) is 0 Å². The normalized spacial score (nSPS) is 13.1. The third kappa shape index (κ3) is 1.29. The van der Waals surface area contributed by atoms with Gasteiger partial charge in [0.05, 0.1) is 18.1 Å². The van der Waals surface area contributed by atoms with Crippen LogP contribution in [0, 0.1) is 0 Å². The maximum Gasteiger partial charge on any atom is 0.143 e. The third-order valence-electron chi connectivity index (χ3n) is 1.74. The van der Waals surface area contributed by atoms with E-state index in [0.29, 0.717) is 11.4 Å². The highest BCUT2D eigenvalue weighted by Crippen LogP contribution is 2.16. The second-order valence-electron chi connectivity index (χ2n) is 2.58.